The highest BCUT2D eigenvalue weighted by Crippen LogP contribution is 2.51. The summed E-state index contributed by atoms with van der Waals surface area (Å²) >= 11 is 7.80. The van der Waals surface area contributed by atoms with E-state index in [2.05, 4.69) is 27.5 Å². The lowest BCUT2D eigenvalue weighted by Crippen LogP contribution is -2.50. The number of piperidine rings is 1. The van der Waals surface area contributed by atoms with Crippen LogP contribution in [-0.4, -0.2) is 37.7 Å². The van der Waals surface area contributed by atoms with Crippen LogP contribution in [0.15, 0.2) is 16.7 Å². The number of aliphatic hydroxyl groups is 1. The number of hydrogen-bond acceptors (Lipinski definition) is 8. The van der Waals surface area contributed by atoms with Crippen LogP contribution in [0.2, 0.25) is 4.34 Å². The minimum Gasteiger partial charge on any atom is -0.444 e. The number of aryl methyl sites for hydroxylation is 2. The van der Waals surface area contributed by atoms with Gasteiger partial charge in [0, 0.05) is 22.9 Å². The summed E-state index contributed by atoms with van der Waals surface area (Å²) in [5.41, 5.74) is 2.14. The molecule has 3 aromatic heterocycles. The molecule has 5 rings (SSSR count). The summed E-state index contributed by atoms with van der Waals surface area (Å²) in [4.78, 5) is 5.45. The monoisotopic (exact) mass is 449 g/mol. The van der Waals surface area contributed by atoms with E-state index in [-0.39, 0.29) is 18.7 Å². The van der Waals surface area contributed by atoms with E-state index >= 15 is 0 Å². The van der Waals surface area contributed by atoms with E-state index in [0.717, 1.165) is 34.0 Å². The lowest BCUT2D eigenvalue weighted by atomic mass is 9.79. The molecule has 0 aromatic carbocycles. The van der Waals surface area contributed by atoms with Gasteiger partial charge in [0.25, 0.3) is 0 Å². The van der Waals surface area contributed by atoms with Gasteiger partial charge >= 0.3 is 0 Å². The summed E-state index contributed by atoms with van der Waals surface area (Å²) in [6.07, 6.45) is 2.80. The van der Waals surface area contributed by atoms with Crippen molar-refractivity contribution in [1.82, 2.24) is 25.3 Å². The SMILES string of the molecule is Cc1nc(Cn2cc([C@@H]3C[C@]4(C[C@H](C)N3)OC[C@@H](O)c3cc(Cl)sc34)nn2)oc1C. The lowest BCUT2D eigenvalue weighted by molar-refractivity contribution is -0.129. The van der Waals surface area contributed by atoms with Gasteiger partial charge in [0.1, 0.15) is 24.0 Å². The van der Waals surface area contributed by atoms with Gasteiger partial charge in [0.15, 0.2) is 0 Å². The van der Waals surface area contributed by atoms with Crippen molar-refractivity contribution in [3.63, 3.8) is 0 Å². The van der Waals surface area contributed by atoms with E-state index < -0.39 is 11.7 Å². The molecule has 1 fully saturated rings. The number of thiophene rings is 1. The number of halogens is 1. The fourth-order valence-electron chi connectivity index (χ4n) is 4.53. The minimum atomic E-state index is -0.633. The predicted octanol–water partition coefficient (Wildman–Crippen LogP) is 3.42. The molecule has 0 amide bonds. The zero-order chi connectivity index (χ0) is 21.0. The number of aromatic nitrogens is 4. The minimum absolute atomic E-state index is 0.0282. The van der Waals surface area contributed by atoms with E-state index in [4.69, 9.17) is 20.8 Å². The molecule has 0 saturated carbocycles. The van der Waals surface area contributed by atoms with Crippen LogP contribution >= 0.6 is 22.9 Å². The van der Waals surface area contributed by atoms with Crippen molar-refractivity contribution < 1.29 is 14.3 Å². The molecule has 2 aliphatic rings. The Bertz CT molecular complexity index is 1060. The first-order chi connectivity index (χ1) is 14.3. The van der Waals surface area contributed by atoms with Crippen LogP contribution in [0.4, 0.5) is 0 Å². The molecule has 4 atom stereocenters. The molecule has 30 heavy (non-hydrogen) atoms. The molecule has 2 N–H and O–H groups in total. The van der Waals surface area contributed by atoms with Crippen LogP contribution in [0, 0.1) is 13.8 Å². The Kier molecular flexibility index (Phi) is 4.98. The maximum atomic E-state index is 10.4. The van der Waals surface area contributed by atoms with Crippen LogP contribution in [0.5, 0.6) is 0 Å². The number of ether oxygens (including phenoxy) is 1. The molecule has 3 aromatic rings. The van der Waals surface area contributed by atoms with Crippen LogP contribution in [0.1, 0.15) is 65.4 Å². The number of fused-ring (bicyclic) bond motifs is 2. The Labute approximate surface area is 183 Å². The normalized spacial score (nSPS) is 28.8. The van der Waals surface area contributed by atoms with Crippen molar-refractivity contribution in [1.29, 1.82) is 0 Å². The second kappa shape index (κ2) is 7.42. The van der Waals surface area contributed by atoms with Gasteiger partial charge in [-0.3, -0.25) is 0 Å². The fraction of sp³-hybridized carbons (Fsp3) is 0.550. The smallest absolute Gasteiger partial charge is 0.216 e. The Morgan fingerprint density at radius 3 is 3.00 bits per heavy atom. The molecule has 1 saturated heterocycles. The third kappa shape index (κ3) is 3.48. The highest BCUT2D eigenvalue weighted by atomic mass is 35.5. The maximum absolute atomic E-state index is 10.4. The summed E-state index contributed by atoms with van der Waals surface area (Å²) in [6.45, 7) is 6.67. The van der Waals surface area contributed by atoms with E-state index in [9.17, 15) is 5.11 Å². The van der Waals surface area contributed by atoms with Crippen LogP contribution in [-0.2, 0) is 16.9 Å². The van der Waals surface area contributed by atoms with Gasteiger partial charge in [-0.25, -0.2) is 9.67 Å². The topological polar surface area (TPSA) is 98.2 Å². The molecule has 8 nitrogen and oxygen atoms in total. The Hall–Kier alpha value is -1.78. The molecule has 0 unspecified atom stereocenters. The van der Waals surface area contributed by atoms with E-state index in [1.165, 1.54) is 11.3 Å². The summed E-state index contributed by atoms with van der Waals surface area (Å²) < 4.78 is 14.4. The fourth-order valence-corrected chi connectivity index (χ4v) is 5.98. The second-order valence-electron chi connectivity index (χ2n) is 8.27. The Balaban J connectivity index is 1.41. The average Bonchev–Trinajstić information content (AvgIpc) is 3.39. The van der Waals surface area contributed by atoms with E-state index in [1.54, 1.807) is 4.68 Å². The van der Waals surface area contributed by atoms with E-state index in [0.29, 0.717) is 23.2 Å². The lowest BCUT2D eigenvalue weighted by Gasteiger charge is -2.46. The van der Waals surface area contributed by atoms with Gasteiger partial charge in [-0.1, -0.05) is 16.8 Å². The number of hydrogen-bond donors (Lipinski definition) is 2. The number of aliphatic hydroxyl groups excluding tert-OH is 1. The highest BCUT2D eigenvalue weighted by Gasteiger charge is 2.48. The Morgan fingerprint density at radius 1 is 1.40 bits per heavy atom. The van der Waals surface area contributed by atoms with Crippen molar-refractivity contribution in [2.24, 2.45) is 0 Å². The predicted molar refractivity (Wildman–Crippen MR) is 112 cm³/mol. The standard InChI is InChI=1S/C20H24ClN5O3S/c1-10-5-20(19-13(4-17(21)30-19)16(27)9-28-20)6-14(22-10)15-7-26(25-24-15)8-18-23-11(2)12(3)29-18/h4,7,10,14,16,22,27H,5-6,8-9H2,1-3H3/t10-,14-,16+,20-/m0/s1. The summed E-state index contributed by atoms with van der Waals surface area (Å²) in [7, 11) is 0. The van der Waals surface area contributed by atoms with Gasteiger partial charge in [-0.15, -0.1) is 16.4 Å². The average molecular weight is 450 g/mol. The van der Waals surface area contributed by atoms with Crippen molar-refractivity contribution in [2.75, 3.05) is 6.61 Å². The van der Waals surface area contributed by atoms with Gasteiger partial charge < -0.3 is 19.6 Å². The number of rotatable bonds is 3. The van der Waals surface area contributed by atoms with E-state index in [1.807, 2.05) is 26.1 Å². The zero-order valence-electron chi connectivity index (χ0n) is 17.1. The molecule has 0 radical (unpaired) electrons. The summed E-state index contributed by atoms with van der Waals surface area (Å²) in [5.74, 6) is 1.43. The largest absolute Gasteiger partial charge is 0.444 e. The third-order valence-corrected chi connectivity index (χ3v) is 7.43. The Morgan fingerprint density at radius 2 is 2.23 bits per heavy atom. The molecular weight excluding hydrogens is 426 g/mol. The first kappa shape index (κ1) is 20.1. The molecule has 0 bridgehead atoms. The number of nitrogens with one attached hydrogen (secondary N) is 1. The number of nitrogens with zero attached hydrogens (tertiary/aromatic N) is 4. The first-order valence-electron chi connectivity index (χ1n) is 10.0. The summed E-state index contributed by atoms with van der Waals surface area (Å²) in [6, 6.07) is 2.05. The van der Waals surface area contributed by atoms with Crippen LogP contribution in [0.3, 0.4) is 0 Å². The maximum Gasteiger partial charge on any atom is 0.216 e. The van der Waals surface area contributed by atoms with Crippen molar-refractivity contribution in [3.8, 4) is 0 Å². The first-order valence-corrected chi connectivity index (χ1v) is 11.2. The van der Waals surface area contributed by atoms with Gasteiger partial charge in [0.05, 0.1) is 34.6 Å². The molecule has 10 heteroatoms. The van der Waals surface area contributed by atoms with Crippen LogP contribution < -0.4 is 5.32 Å². The molecular formula is C20H24ClN5O3S. The van der Waals surface area contributed by atoms with Crippen molar-refractivity contribution in [2.45, 2.75) is 63.9 Å². The third-order valence-electron chi connectivity index (χ3n) is 5.96. The molecule has 160 valence electrons. The highest BCUT2D eigenvalue weighted by molar-refractivity contribution is 7.16. The summed E-state index contributed by atoms with van der Waals surface area (Å²) in [5, 5.41) is 22.7. The molecule has 5 heterocycles. The van der Waals surface area contributed by atoms with Gasteiger partial charge in [-0.2, -0.15) is 0 Å². The van der Waals surface area contributed by atoms with Crippen molar-refractivity contribution >= 4 is 22.9 Å². The molecule has 2 aliphatic heterocycles. The van der Waals surface area contributed by atoms with Gasteiger partial charge in [0.2, 0.25) is 5.89 Å². The number of oxazole rings is 1. The molecule has 1 spiro atoms. The molecule has 0 aliphatic carbocycles. The zero-order valence-corrected chi connectivity index (χ0v) is 18.6. The van der Waals surface area contributed by atoms with Crippen molar-refractivity contribution in [3.05, 3.63) is 50.1 Å². The second-order valence-corrected chi connectivity index (χ2v) is 9.96. The van der Waals surface area contributed by atoms with Gasteiger partial charge in [-0.05, 0) is 33.3 Å². The quantitative estimate of drug-likeness (QED) is 0.632. The van der Waals surface area contributed by atoms with Crippen LogP contribution in [0.25, 0.3) is 0 Å².